The highest BCUT2D eigenvalue weighted by atomic mass is 16.5. The van der Waals surface area contributed by atoms with Gasteiger partial charge in [0.15, 0.2) is 0 Å². The third-order valence-electron chi connectivity index (χ3n) is 3.17. The van der Waals surface area contributed by atoms with Gasteiger partial charge in [-0.2, -0.15) is 0 Å². The van der Waals surface area contributed by atoms with Gasteiger partial charge in [0.1, 0.15) is 11.9 Å². The summed E-state index contributed by atoms with van der Waals surface area (Å²) in [5.74, 6) is 0.497. The Bertz CT molecular complexity index is 448. The zero-order chi connectivity index (χ0) is 13.0. The quantitative estimate of drug-likeness (QED) is 0.766. The molecule has 0 radical (unpaired) electrons. The second-order valence-electron chi connectivity index (χ2n) is 4.41. The minimum absolute atomic E-state index is 0.109. The van der Waals surface area contributed by atoms with Gasteiger partial charge in [-0.1, -0.05) is 37.3 Å². The number of methoxy groups -OCH3 is 1. The summed E-state index contributed by atoms with van der Waals surface area (Å²) in [5.41, 5.74) is 1.83. The summed E-state index contributed by atoms with van der Waals surface area (Å²) in [7, 11) is 1.41. The molecular formula is C15H18O3. The highest BCUT2D eigenvalue weighted by Gasteiger charge is 2.29. The number of allylic oxidation sites excluding steroid dienone is 1. The Labute approximate surface area is 107 Å². The van der Waals surface area contributed by atoms with Crippen molar-refractivity contribution >= 4 is 5.97 Å². The van der Waals surface area contributed by atoms with E-state index in [1.54, 1.807) is 0 Å². The van der Waals surface area contributed by atoms with E-state index in [9.17, 15) is 4.79 Å². The van der Waals surface area contributed by atoms with Gasteiger partial charge in [-0.3, -0.25) is 0 Å². The summed E-state index contributed by atoms with van der Waals surface area (Å²) >= 11 is 0. The van der Waals surface area contributed by atoms with Crippen molar-refractivity contribution in [2.24, 2.45) is 0 Å². The molecular weight excluding hydrogens is 228 g/mol. The van der Waals surface area contributed by atoms with Gasteiger partial charge >= 0.3 is 5.97 Å². The Morgan fingerprint density at radius 2 is 2.11 bits per heavy atom. The van der Waals surface area contributed by atoms with Crippen molar-refractivity contribution in [1.82, 2.24) is 0 Å². The van der Waals surface area contributed by atoms with Gasteiger partial charge < -0.3 is 9.47 Å². The van der Waals surface area contributed by atoms with Crippen molar-refractivity contribution in [2.45, 2.75) is 32.3 Å². The summed E-state index contributed by atoms with van der Waals surface area (Å²) in [5, 5.41) is 0. The molecule has 1 aliphatic heterocycles. The molecule has 0 saturated carbocycles. The summed E-state index contributed by atoms with van der Waals surface area (Å²) in [6.45, 7) is 2.06. The molecule has 0 saturated heterocycles. The van der Waals surface area contributed by atoms with Gasteiger partial charge in [-0.05, 0) is 12.0 Å². The third-order valence-corrected chi connectivity index (χ3v) is 3.17. The van der Waals surface area contributed by atoms with E-state index in [2.05, 4.69) is 6.92 Å². The summed E-state index contributed by atoms with van der Waals surface area (Å²) in [6.07, 6.45) is 2.32. The van der Waals surface area contributed by atoms with Crippen LogP contribution in [0.25, 0.3) is 0 Å². The average Bonchev–Trinajstić information content (AvgIpc) is 2.82. The highest BCUT2D eigenvalue weighted by Crippen LogP contribution is 2.30. The molecule has 1 aliphatic rings. The van der Waals surface area contributed by atoms with E-state index >= 15 is 0 Å². The first-order valence-electron chi connectivity index (χ1n) is 6.25. The summed E-state index contributed by atoms with van der Waals surface area (Å²) < 4.78 is 10.6. The molecule has 0 spiro atoms. The number of benzene rings is 1. The van der Waals surface area contributed by atoms with Crippen LogP contribution in [0.3, 0.4) is 0 Å². The molecule has 1 unspecified atom stereocenters. The van der Waals surface area contributed by atoms with Crippen LogP contribution in [0.4, 0.5) is 0 Å². The first-order valence-corrected chi connectivity index (χ1v) is 6.25. The van der Waals surface area contributed by atoms with E-state index in [-0.39, 0.29) is 12.1 Å². The minimum atomic E-state index is -0.267. The van der Waals surface area contributed by atoms with Crippen molar-refractivity contribution in [3.8, 4) is 0 Å². The molecule has 0 amide bonds. The van der Waals surface area contributed by atoms with Crippen LogP contribution in [0.2, 0.25) is 0 Å². The second kappa shape index (κ2) is 5.71. The highest BCUT2D eigenvalue weighted by molar-refractivity contribution is 5.89. The molecule has 18 heavy (non-hydrogen) atoms. The molecule has 1 aromatic rings. The van der Waals surface area contributed by atoms with Gasteiger partial charge in [0, 0.05) is 12.8 Å². The van der Waals surface area contributed by atoms with Crippen molar-refractivity contribution in [3.63, 3.8) is 0 Å². The van der Waals surface area contributed by atoms with Crippen molar-refractivity contribution in [1.29, 1.82) is 0 Å². The van der Waals surface area contributed by atoms with E-state index in [0.29, 0.717) is 18.4 Å². The smallest absolute Gasteiger partial charge is 0.337 e. The Hall–Kier alpha value is -1.77. The van der Waals surface area contributed by atoms with Crippen LogP contribution in [-0.4, -0.2) is 19.2 Å². The zero-order valence-electron chi connectivity index (χ0n) is 10.8. The largest absolute Gasteiger partial charge is 0.494 e. The number of rotatable bonds is 4. The average molecular weight is 246 g/mol. The van der Waals surface area contributed by atoms with Gasteiger partial charge in [0.2, 0.25) is 0 Å². The molecule has 0 fully saturated rings. The lowest BCUT2D eigenvalue weighted by Gasteiger charge is -2.10. The molecule has 3 heteroatoms. The van der Waals surface area contributed by atoms with E-state index in [4.69, 9.17) is 9.47 Å². The van der Waals surface area contributed by atoms with E-state index < -0.39 is 0 Å². The fraction of sp³-hybridized carbons (Fsp3) is 0.400. The Morgan fingerprint density at radius 1 is 1.39 bits per heavy atom. The van der Waals surface area contributed by atoms with Crippen LogP contribution in [0, 0.1) is 0 Å². The molecule has 0 aromatic heterocycles. The molecule has 0 N–H and O–H groups in total. The monoisotopic (exact) mass is 246 g/mol. The van der Waals surface area contributed by atoms with Gasteiger partial charge in [-0.25, -0.2) is 4.79 Å². The fourth-order valence-corrected chi connectivity index (χ4v) is 2.13. The molecule has 2 rings (SSSR count). The number of ether oxygens (including phenoxy) is 2. The van der Waals surface area contributed by atoms with E-state index in [1.165, 1.54) is 7.11 Å². The molecule has 1 heterocycles. The maximum atomic E-state index is 11.7. The lowest BCUT2D eigenvalue weighted by Crippen LogP contribution is -2.07. The van der Waals surface area contributed by atoms with Crippen LogP contribution in [-0.2, 0) is 20.7 Å². The van der Waals surface area contributed by atoms with E-state index in [0.717, 1.165) is 17.7 Å². The molecule has 1 atom stereocenters. The predicted molar refractivity (Wildman–Crippen MR) is 69.0 cm³/mol. The maximum absolute atomic E-state index is 11.7. The predicted octanol–water partition coefficient (Wildman–Crippen LogP) is 2.86. The molecule has 3 nitrogen and oxygen atoms in total. The van der Waals surface area contributed by atoms with Crippen LogP contribution in [0.1, 0.15) is 25.3 Å². The van der Waals surface area contributed by atoms with Gasteiger partial charge in [-0.15, -0.1) is 0 Å². The number of hydrogen-bond acceptors (Lipinski definition) is 3. The first-order chi connectivity index (χ1) is 8.74. The SMILES string of the molecule is CCC1CC(C(=O)OC)=C(Cc2ccccc2)O1. The standard InChI is InChI=1S/C15H18O3/c1-3-12-10-13(15(16)17-2)14(18-12)9-11-7-5-4-6-8-11/h4-8,12H,3,9-10H2,1-2H3. The fourth-order valence-electron chi connectivity index (χ4n) is 2.13. The lowest BCUT2D eigenvalue weighted by molar-refractivity contribution is -0.136. The zero-order valence-corrected chi connectivity index (χ0v) is 10.8. The molecule has 0 aliphatic carbocycles. The normalized spacial score (nSPS) is 18.7. The Balaban J connectivity index is 2.19. The minimum Gasteiger partial charge on any atom is -0.494 e. The van der Waals surface area contributed by atoms with E-state index in [1.807, 2.05) is 30.3 Å². The lowest BCUT2D eigenvalue weighted by atomic mass is 10.1. The van der Waals surface area contributed by atoms with Crippen molar-refractivity contribution < 1.29 is 14.3 Å². The van der Waals surface area contributed by atoms with Crippen LogP contribution in [0.5, 0.6) is 0 Å². The Morgan fingerprint density at radius 3 is 2.72 bits per heavy atom. The number of esters is 1. The molecule has 96 valence electrons. The number of carbonyl (C=O) groups excluding carboxylic acids is 1. The second-order valence-corrected chi connectivity index (χ2v) is 4.41. The first kappa shape index (κ1) is 12.7. The Kier molecular flexibility index (Phi) is 4.03. The third kappa shape index (κ3) is 2.73. The topological polar surface area (TPSA) is 35.5 Å². The van der Waals surface area contributed by atoms with Crippen LogP contribution < -0.4 is 0 Å². The van der Waals surface area contributed by atoms with Crippen LogP contribution in [0.15, 0.2) is 41.7 Å². The van der Waals surface area contributed by atoms with Gasteiger partial charge in [0.05, 0.1) is 12.7 Å². The number of carbonyl (C=O) groups is 1. The number of hydrogen-bond donors (Lipinski definition) is 0. The van der Waals surface area contributed by atoms with Crippen molar-refractivity contribution in [2.75, 3.05) is 7.11 Å². The van der Waals surface area contributed by atoms with Gasteiger partial charge in [0.25, 0.3) is 0 Å². The molecule has 0 bridgehead atoms. The summed E-state index contributed by atoms with van der Waals surface area (Å²) in [4.78, 5) is 11.7. The molecule has 1 aromatic carbocycles. The maximum Gasteiger partial charge on any atom is 0.337 e. The van der Waals surface area contributed by atoms with Crippen molar-refractivity contribution in [3.05, 3.63) is 47.2 Å². The van der Waals surface area contributed by atoms with Crippen LogP contribution >= 0.6 is 0 Å². The summed E-state index contributed by atoms with van der Waals surface area (Å²) in [6, 6.07) is 10.0.